The first-order valence-corrected chi connectivity index (χ1v) is 10.6. The Labute approximate surface area is 168 Å². The average molecular weight is 438 g/mol. The number of halogens is 1. The monoisotopic (exact) mass is 437 g/mol. The predicted molar refractivity (Wildman–Crippen MR) is 105 cm³/mol. The van der Waals surface area contributed by atoms with Crippen LogP contribution >= 0.6 is 15.9 Å². The van der Waals surface area contributed by atoms with Crippen LogP contribution in [0.4, 0.5) is 5.69 Å². The smallest absolute Gasteiger partial charge is 0.313 e. The van der Waals surface area contributed by atoms with Crippen molar-refractivity contribution in [2.24, 2.45) is 22.7 Å². The van der Waals surface area contributed by atoms with Crippen LogP contribution in [0.2, 0.25) is 0 Å². The largest absolute Gasteiger partial charge is 0.442 e. The zero-order valence-electron chi connectivity index (χ0n) is 16.3. The van der Waals surface area contributed by atoms with E-state index in [2.05, 4.69) is 26.3 Å². The molecule has 0 radical (unpaired) electrons. The van der Waals surface area contributed by atoms with Crippen molar-refractivity contribution in [2.45, 2.75) is 70.4 Å². The van der Waals surface area contributed by atoms with E-state index in [1.165, 1.54) is 23.9 Å². The number of alkyl halides is 1. The molecule has 2 unspecified atom stereocenters. The minimum atomic E-state index is -0.547. The van der Waals surface area contributed by atoms with E-state index in [4.69, 9.17) is 4.74 Å². The zero-order valence-corrected chi connectivity index (χ0v) is 17.8. The van der Waals surface area contributed by atoms with Gasteiger partial charge in [-0.1, -0.05) is 15.9 Å². The summed E-state index contributed by atoms with van der Waals surface area (Å²) >= 11 is 3.96. The van der Waals surface area contributed by atoms with Crippen LogP contribution in [0.15, 0.2) is 12.4 Å². The number of esters is 1. The molecule has 0 aliphatic heterocycles. The molecule has 0 spiro atoms. The van der Waals surface area contributed by atoms with E-state index in [0.717, 1.165) is 19.3 Å². The summed E-state index contributed by atoms with van der Waals surface area (Å²) < 4.78 is 6.95. The highest BCUT2D eigenvalue weighted by Gasteiger charge is 2.59. The lowest BCUT2D eigenvalue weighted by atomic mass is 9.49. The van der Waals surface area contributed by atoms with Crippen LogP contribution in [0.25, 0.3) is 0 Å². The van der Waals surface area contributed by atoms with Gasteiger partial charge in [-0.3, -0.25) is 9.59 Å². The second-order valence-electron chi connectivity index (χ2n) is 9.93. The number of amides is 1. The summed E-state index contributed by atoms with van der Waals surface area (Å²) in [6.45, 7) is 5.48. The maximum Gasteiger partial charge on any atom is 0.313 e. The van der Waals surface area contributed by atoms with Crippen molar-refractivity contribution in [1.29, 1.82) is 0 Å². The van der Waals surface area contributed by atoms with Gasteiger partial charge in [-0.15, -0.1) is 0 Å². The fraction of sp³-hybridized carbons (Fsp3) is 0.750. The van der Waals surface area contributed by atoms with Crippen LogP contribution in [0, 0.1) is 22.7 Å². The molecule has 5 rings (SSSR count). The van der Waals surface area contributed by atoms with Crippen LogP contribution in [0.1, 0.15) is 59.3 Å². The van der Waals surface area contributed by atoms with E-state index in [1.807, 2.05) is 20.8 Å². The maximum absolute atomic E-state index is 13.2. The molecule has 2 atom stereocenters. The van der Waals surface area contributed by atoms with E-state index >= 15 is 0 Å². The second-order valence-corrected chi connectivity index (χ2v) is 11.6. The molecule has 4 saturated carbocycles. The third kappa shape index (κ3) is 3.67. The van der Waals surface area contributed by atoms with Gasteiger partial charge in [0, 0.05) is 4.32 Å². The minimum Gasteiger partial charge on any atom is -0.442 e. The first-order chi connectivity index (χ1) is 12.6. The molecule has 1 heterocycles. The number of hydrogen-bond donors (Lipinski definition) is 1. The molecule has 4 fully saturated rings. The number of nitrogens with one attached hydrogen (secondary N) is 1. The summed E-state index contributed by atoms with van der Waals surface area (Å²) in [5.74, 6) is 1.17. The van der Waals surface area contributed by atoms with Crippen LogP contribution in [-0.4, -0.2) is 26.0 Å². The molecule has 4 bridgehead atoms. The lowest BCUT2D eigenvalue weighted by Crippen LogP contribution is -2.57. The first-order valence-electron chi connectivity index (χ1n) is 9.77. The van der Waals surface area contributed by atoms with Crippen molar-refractivity contribution < 1.29 is 14.3 Å². The van der Waals surface area contributed by atoms with Gasteiger partial charge in [-0.2, -0.15) is 5.10 Å². The average Bonchev–Trinajstić information content (AvgIpc) is 2.96. The summed E-state index contributed by atoms with van der Waals surface area (Å²) in [6.07, 6.45) is 9.95. The van der Waals surface area contributed by atoms with E-state index in [1.54, 1.807) is 12.4 Å². The summed E-state index contributed by atoms with van der Waals surface area (Å²) in [7, 11) is 0. The number of rotatable bonds is 4. The van der Waals surface area contributed by atoms with E-state index in [0.29, 0.717) is 17.5 Å². The van der Waals surface area contributed by atoms with Gasteiger partial charge in [0.05, 0.1) is 28.9 Å². The third-order valence-corrected chi connectivity index (χ3v) is 7.23. The van der Waals surface area contributed by atoms with Crippen molar-refractivity contribution in [3.05, 3.63) is 12.4 Å². The van der Waals surface area contributed by atoms with Gasteiger partial charge in [-0.25, -0.2) is 4.68 Å². The lowest BCUT2D eigenvalue weighted by molar-refractivity contribution is -0.157. The lowest BCUT2D eigenvalue weighted by Gasteiger charge is -2.59. The van der Waals surface area contributed by atoms with Crippen LogP contribution in [0.5, 0.6) is 0 Å². The van der Waals surface area contributed by atoms with E-state index in [-0.39, 0.29) is 28.3 Å². The number of carbonyl (C=O) groups is 2. The Morgan fingerprint density at radius 2 is 1.96 bits per heavy atom. The number of nitrogens with zero attached hydrogens (tertiary/aromatic N) is 2. The Hall–Kier alpha value is -1.37. The van der Waals surface area contributed by atoms with Crippen LogP contribution < -0.4 is 5.32 Å². The van der Waals surface area contributed by atoms with Crippen LogP contribution in [-0.2, 0) is 21.1 Å². The van der Waals surface area contributed by atoms with Gasteiger partial charge >= 0.3 is 5.97 Å². The molecule has 1 amide bonds. The fourth-order valence-electron chi connectivity index (χ4n) is 5.52. The highest BCUT2D eigenvalue weighted by Crippen LogP contribution is 2.64. The molecule has 1 N–H and O–H groups in total. The van der Waals surface area contributed by atoms with Crippen molar-refractivity contribution in [1.82, 2.24) is 9.78 Å². The molecule has 4 aliphatic rings. The SMILES string of the molecule is CC(C)(C)C(=O)OCn1cc(NC(=O)C23CC4CC(CC(Br)(C4)C2)C3)cn1. The molecule has 27 heavy (non-hydrogen) atoms. The Morgan fingerprint density at radius 3 is 2.56 bits per heavy atom. The van der Waals surface area contributed by atoms with Crippen molar-refractivity contribution in [2.75, 3.05) is 5.32 Å². The molecular weight excluding hydrogens is 410 g/mol. The molecule has 1 aromatic heterocycles. The molecule has 1 aromatic rings. The molecule has 0 aromatic carbocycles. The van der Waals surface area contributed by atoms with Gasteiger partial charge < -0.3 is 10.1 Å². The van der Waals surface area contributed by atoms with E-state index in [9.17, 15) is 9.59 Å². The summed E-state index contributed by atoms with van der Waals surface area (Å²) in [4.78, 5) is 25.0. The quantitative estimate of drug-likeness (QED) is 0.568. The molecule has 7 heteroatoms. The fourth-order valence-corrected chi connectivity index (χ4v) is 6.97. The standard InChI is InChI=1S/C20H28BrN3O3/c1-18(2,3)17(26)27-12-24-10-15(9-22-24)23-16(25)19-5-13-4-14(6-19)8-20(21,7-13)11-19/h9-10,13-14H,4-8,11-12H2,1-3H3,(H,23,25). The number of carbonyl (C=O) groups excluding carboxylic acids is 2. The summed E-state index contributed by atoms with van der Waals surface area (Å²) in [5.41, 5.74) is -0.144. The Bertz CT molecular complexity index is 753. The number of hydrogen-bond acceptors (Lipinski definition) is 4. The van der Waals surface area contributed by atoms with Crippen LogP contribution in [0.3, 0.4) is 0 Å². The second kappa shape index (κ2) is 6.33. The Kier molecular flexibility index (Phi) is 4.44. The minimum absolute atomic E-state index is 0.0474. The Morgan fingerprint density at radius 1 is 1.30 bits per heavy atom. The van der Waals surface area contributed by atoms with E-state index < -0.39 is 5.41 Å². The normalized spacial score (nSPS) is 34.5. The zero-order chi connectivity index (χ0) is 19.4. The van der Waals surface area contributed by atoms with Crippen molar-refractivity contribution in [3.8, 4) is 0 Å². The number of anilines is 1. The third-order valence-electron chi connectivity index (χ3n) is 6.30. The van der Waals surface area contributed by atoms with Gasteiger partial charge in [0.15, 0.2) is 6.73 Å². The van der Waals surface area contributed by atoms with Gasteiger partial charge in [0.25, 0.3) is 0 Å². The highest BCUT2D eigenvalue weighted by molar-refractivity contribution is 9.10. The first kappa shape index (κ1) is 19.0. The van der Waals surface area contributed by atoms with Gasteiger partial charge in [0.1, 0.15) is 0 Å². The molecule has 148 valence electrons. The van der Waals surface area contributed by atoms with Gasteiger partial charge in [0.2, 0.25) is 5.91 Å². The molecule has 0 saturated heterocycles. The number of ether oxygens (including phenoxy) is 1. The Balaban J connectivity index is 1.39. The van der Waals surface area contributed by atoms with Gasteiger partial charge in [-0.05, 0) is 71.1 Å². The van der Waals surface area contributed by atoms with Crippen molar-refractivity contribution in [3.63, 3.8) is 0 Å². The molecular formula is C20H28BrN3O3. The maximum atomic E-state index is 13.2. The summed E-state index contributed by atoms with van der Waals surface area (Å²) in [6, 6.07) is 0. The molecule has 6 nitrogen and oxygen atoms in total. The topological polar surface area (TPSA) is 73.2 Å². The highest BCUT2D eigenvalue weighted by atomic mass is 79.9. The molecule has 4 aliphatic carbocycles. The summed E-state index contributed by atoms with van der Waals surface area (Å²) in [5, 5.41) is 7.27. The van der Waals surface area contributed by atoms with Crippen molar-refractivity contribution >= 4 is 33.5 Å². The predicted octanol–water partition coefficient (Wildman–Crippen LogP) is 4.10. The number of aromatic nitrogens is 2.